The molecule has 2 heterocycles. The molecule has 1 aliphatic rings. The van der Waals surface area contributed by atoms with Crippen LogP contribution in [0.2, 0.25) is 0 Å². The second-order valence-corrected chi connectivity index (χ2v) is 6.02. The summed E-state index contributed by atoms with van der Waals surface area (Å²) in [5, 5.41) is 6.59. The first-order valence-electron chi connectivity index (χ1n) is 6.63. The molecule has 2 atom stereocenters. The van der Waals surface area contributed by atoms with E-state index >= 15 is 0 Å². The van der Waals surface area contributed by atoms with Crippen LogP contribution in [0.15, 0.2) is 41.1 Å². The number of nitrogens with one attached hydrogen (secondary N) is 1. The number of amides is 2. The summed E-state index contributed by atoms with van der Waals surface area (Å²) in [5.41, 5.74) is 1.79. The van der Waals surface area contributed by atoms with Gasteiger partial charge in [0.2, 0.25) is 11.8 Å². The van der Waals surface area contributed by atoms with Gasteiger partial charge in [-0.15, -0.1) is 0 Å². The molecule has 2 unspecified atom stereocenters. The maximum absolute atomic E-state index is 12.4. The molecule has 1 aromatic carbocycles. The van der Waals surface area contributed by atoms with E-state index in [-0.39, 0.29) is 24.2 Å². The third kappa shape index (κ3) is 2.63. The third-order valence-electron chi connectivity index (χ3n) is 3.75. The number of hydrogen-bond donors (Lipinski definition) is 1. The van der Waals surface area contributed by atoms with Crippen molar-refractivity contribution >= 4 is 27.7 Å². The number of carbonyl (C=O) groups is 2. The molecule has 1 aliphatic heterocycles. The maximum atomic E-state index is 12.4. The molecule has 3 rings (SSSR count). The molecule has 1 saturated heterocycles. The lowest BCUT2D eigenvalue weighted by Gasteiger charge is -2.30. The van der Waals surface area contributed by atoms with Gasteiger partial charge in [-0.3, -0.25) is 19.6 Å². The van der Waals surface area contributed by atoms with E-state index in [1.807, 2.05) is 37.5 Å². The summed E-state index contributed by atoms with van der Waals surface area (Å²) < 4.78 is 2.55. The van der Waals surface area contributed by atoms with E-state index in [2.05, 4.69) is 26.3 Å². The van der Waals surface area contributed by atoms with Crippen LogP contribution in [0.1, 0.15) is 29.4 Å². The van der Waals surface area contributed by atoms with Crippen molar-refractivity contribution in [1.82, 2.24) is 15.1 Å². The number of hydrogen-bond acceptors (Lipinski definition) is 3. The zero-order valence-electron chi connectivity index (χ0n) is 11.4. The average molecular weight is 348 g/mol. The van der Waals surface area contributed by atoms with Gasteiger partial charge in [0.1, 0.15) is 0 Å². The van der Waals surface area contributed by atoms with E-state index < -0.39 is 5.92 Å². The van der Waals surface area contributed by atoms with Crippen LogP contribution in [0.25, 0.3) is 0 Å². The number of rotatable bonds is 2. The molecule has 21 heavy (non-hydrogen) atoms. The van der Waals surface area contributed by atoms with Crippen molar-refractivity contribution in [2.75, 3.05) is 0 Å². The summed E-state index contributed by atoms with van der Waals surface area (Å²) in [5.74, 6) is -1.09. The molecule has 1 aromatic heterocycles. The van der Waals surface area contributed by atoms with E-state index in [9.17, 15) is 9.59 Å². The van der Waals surface area contributed by atoms with Crippen molar-refractivity contribution < 1.29 is 9.59 Å². The molecule has 1 fully saturated rings. The fourth-order valence-corrected chi connectivity index (χ4v) is 3.33. The van der Waals surface area contributed by atoms with Gasteiger partial charge in [-0.2, -0.15) is 5.10 Å². The highest BCUT2D eigenvalue weighted by Gasteiger charge is 2.39. The zero-order chi connectivity index (χ0) is 15.0. The summed E-state index contributed by atoms with van der Waals surface area (Å²) >= 11 is 3.49. The van der Waals surface area contributed by atoms with Crippen LogP contribution in [0.3, 0.4) is 0 Å². The topological polar surface area (TPSA) is 64.0 Å². The van der Waals surface area contributed by atoms with Crippen LogP contribution in [0.4, 0.5) is 0 Å². The molecule has 1 N–H and O–H groups in total. The van der Waals surface area contributed by atoms with Gasteiger partial charge in [-0.25, -0.2) is 0 Å². The predicted molar refractivity (Wildman–Crippen MR) is 80.6 cm³/mol. The van der Waals surface area contributed by atoms with Crippen LogP contribution in [-0.4, -0.2) is 21.6 Å². The summed E-state index contributed by atoms with van der Waals surface area (Å²) in [6.07, 6.45) is 3.87. The molecule has 6 heteroatoms. The maximum Gasteiger partial charge on any atom is 0.234 e. The van der Waals surface area contributed by atoms with Crippen LogP contribution < -0.4 is 5.32 Å². The van der Waals surface area contributed by atoms with Crippen LogP contribution in [0, 0.1) is 0 Å². The second kappa shape index (κ2) is 5.44. The minimum atomic E-state index is -0.400. The Morgan fingerprint density at radius 1 is 1.33 bits per heavy atom. The Labute approximate surface area is 130 Å². The van der Waals surface area contributed by atoms with Crippen molar-refractivity contribution in [2.45, 2.75) is 18.3 Å². The average Bonchev–Trinajstić information content (AvgIpc) is 2.86. The Morgan fingerprint density at radius 3 is 2.76 bits per heavy atom. The van der Waals surface area contributed by atoms with E-state index in [0.29, 0.717) is 0 Å². The molecular weight excluding hydrogens is 334 g/mol. The summed E-state index contributed by atoms with van der Waals surface area (Å²) in [7, 11) is 1.82. The first-order chi connectivity index (χ1) is 10.1. The lowest BCUT2D eigenvalue weighted by atomic mass is 9.77. The molecule has 2 amide bonds. The standard InChI is InChI=1S/C15H14BrN3O2/c1-19-8-9(7-17-19)11-6-13(20)18-15(21)14(11)10-4-2-3-5-12(10)16/h2-5,7-8,11,14H,6H2,1H3,(H,18,20,21). The van der Waals surface area contributed by atoms with Crippen LogP contribution >= 0.6 is 15.9 Å². The Kier molecular flexibility index (Phi) is 3.63. The van der Waals surface area contributed by atoms with Crippen molar-refractivity contribution in [3.63, 3.8) is 0 Å². The van der Waals surface area contributed by atoms with Gasteiger partial charge >= 0.3 is 0 Å². The van der Waals surface area contributed by atoms with Gasteiger partial charge in [0.05, 0.1) is 12.1 Å². The summed E-state index contributed by atoms with van der Waals surface area (Å²) in [6, 6.07) is 7.61. The first kappa shape index (κ1) is 14.0. The van der Waals surface area contributed by atoms with Crippen LogP contribution in [0.5, 0.6) is 0 Å². The van der Waals surface area contributed by atoms with E-state index in [1.54, 1.807) is 10.9 Å². The number of piperidine rings is 1. The van der Waals surface area contributed by atoms with Gasteiger partial charge in [0.25, 0.3) is 0 Å². The number of benzene rings is 1. The fraction of sp³-hybridized carbons (Fsp3) is 0.267. The first-order valence-corrected chi connectivity index (χ1v) is 7.42. The Hall–Kier alpha value is -1.95. The molecule has 108 valence electrons. The quantitative estimate of drug-likeness (QED) is 0.846. The highest BCUT2D eigenvalue weighted by Crippen LogP contribution is 2.40. The number of halogens is 1. The van der Waals surface area contributed by atoms with E-state index in [1.165, 1.54) is 0 Å². The molecule has 0 bridgehead atoms. The number of carbonyl (C=O) groups excluding carboxylic acids is 2. The van der Waals surface area contributed by atoms with Gasteiger partial charge in [-0.1, -0.05) is 34.1 Å². The molecule has 0 radical (unpaired) electrons. The van der Waals surface area contributed by atoms with Gasteiger partial charge in [0, 0.05) is 30.1 Å². The van der Waals surface area contributed by atoms with Crippen LogP contribution in [-0.2, 0) is 16.6 Å². The zero-order valence-corrected chi connectivity index (χ0v) is 13.0. The lowest BCUT2D eigenvalue weighted by Crippen LogP contribution is -2.43. The molecule has 0 aliphatic carbocycles. The minimum absolute atomic E-state index is 0.196. The summed E-state index contributed by atoms with van der Waals surface area (Å²) in [4.78, 5) is 24.1. The van der Waals surface area contributed by atoms with Crippen molar-refractivity contribution in [3.8, 4) is 0 Å². The smallest absolute Gasteiger partial charge is 0.234 e. The molecular formula is C15H14BrN3O2. The highest BCUT2D eigenvalue weighted by molar-refractivity contribution is 9.10. The van der Waals surface area contributed by atoms with Crippen molar-refractivity contribution in [2.24, 2.45) is 7.05 Å². The van der Waals surface area contributed by atoms with E-state index in [0.717, 1.165) is 15.6 Å². The lowest BCUT2D eigenvalue weighted by molar-refractivity contribution is -0.135. The summed E-state index contributed by atoms with van der Waals surface area (Å²) in [6.45, 7) is 0. The monoisotopic (exact) mass is 347 g/mol. The number of aromatic nitrogens is 2. The Bertz CT molecular complexity index is 710. The third-order valence-corrected chi connectivity index (χ3v) is 4.47. The number of nitrogens with zero attached hydrogens (tertiary/aromatic N) is 2. The van der Waals surface area contributed by atoms with E-state index in [4.69, 9.17) is 0 Å². The molecule has 0 saturated carbocycles. The van der Waals surface area contributed by atoms with Crippen molar-refractivity contribution in [1.29, 1.82) is 0 Å². The second-order valence-electron chi connectivity index (χ2n) is 5.17. The Balaban J connectivity index is 2.07. The highest BCUT2D eigenvalue weighted by atomic mass is 79.9. The SMILES string of the molecule is Cn1cc(C2CC(=O)NC(=O)C2c2ccccc2Br)cn1. The van der Waals surface area contributed by atoms with Crippen molar-refractivity contribution in [3.05, 3.63) is 52.3 Å². The fourth-order valence-electron chi connectivity index (χ4n) is 2.79. The normalized spacial score (nSPS) is 22.2. The number of imide groups is 1. The van der Waals surface area contributed by atoms with Gasteiger partial charge in [-0.05, 0) is 17.2 Å². The largest absolute Gasteiger partial charge is 0.296 e. The molecule has 0 spiro atoms. The molecule has 5 nitrogen and oxygen atoms in total. The van der Waals surface area contributed by atoms with Gasteiger partial charge in [0.15, 0.2) is 0 Å². The predicted octanol–water partition coefficient (Wildman–Crippen LogP) is 2.10. The van der Waals surface area contributed by atoms with Gasteiger partial charge < -0.3 is 0 Å². The minimum Gasteiger partial charge on any atom is -0.296 e. The number of aryl methyl sites for hydroxylation is 1. The molecule has 2 aromatic rings. The Morgan fingerprint density at radius 2 is 2.10 bits per heavy atom.